The van der Waals surface area contributed by atoms with Crippen LogP contribution in [0, 0.1) is 18.3 Å². The Morgan fingerprint density at radius 3 is 2.56 bits per heavy atom. The summed E-state index contributed by atoms with van der Waals surface area (Å²) in [5, 5.41) is 2.81. The number of amides is 2. The third kappa shape index (κ3) is 2.66. The summed E-state index contributed by atoms with van der Waals surface area (Å²) in [6.07, 6.45) is 6.61. The van der Waals surface area contributed by atoms with E-state index in [0.29, 0.717) is 6.42 Å². The summed E-state index contributed by atoms with van der Waals surface area (Å²) < 4.78 is 0. The standard InChI is InChI=1S/C14H22N2O2/c1-6-8-10(4)16-11(5)13(17)15-12(14(16)18)9(3)7-2/h1,9-12H,7-8H2,2-5H3,(H,15,17). The van der Waals surface area contributed by atoms with Crippen molar-refractivity contribution in [2.45, 2.75) is 58.7 Å². The van der Waals surface area contributed by atoms with Gasteiger partial charge in [-0.1, -0.05) is 20.3 Å². The van der Waals surface area contributed by atoms with Crippen LogP contribution in [0.2, 0.25) is 0 Å². The molecule has 4 atom stereocenters. The summed E-state index contributed by atoms with van der Waals surface area (Å²) in [5.41, 5.74) is 0. The maximum atomic E-state index is 12.4. The van der Waals surface area contributed by atoms with Crippen molar-refractivity contribution in [1.82, 2.24) is 10.2 Å². The van der Waals surface area contributed by atoms with Gasteiger partial charge >= 0.3 is 0 Å². The SMILES string of the molecule is C#CCC(C)N1C(=O)C(C(C)CC)NC(=O)C1C. The van der Waals surface area contributed by atoms with Crippen LogP contribution in [-0.2, 0) is 9.59 Å². The lowest BCUT2D eigenvalue weighted by molar-refractivity contribution is -0.152. The van der Waals surface area contributed by atoms with E-state index >= 15 is 0 Å². The van der Waals surface area contributed by atoms with E-state index in [0.717, 1.165) is 6.42 Å². The van der Waals surface area contributed by atoms with Gasteiger partial charge in [0.15, 0.2) is 0 Å². The first-order valence-electron chi connectivity index (χ1n) is 6.50. The highest BCUT2D eigenvalue weighted by atomic mass is 16.2. The van der Waals surface area contributed by atoms with Crippen molar-refractivity contribution in [2.24, 2.45) is 5.92 Å². The van der Waals surface area contributed by atoms with Gasteiger partial charge in [0.1, 0.15) is 12.1 Å². The highest BCUT2D eigenvalue weighted by molar-refractivity contribution is 5.97. The first-order valence-corrected chi connectivity index (χ1v) is 6.50. The molecule has 1 N–H and O–H groups in total. The zero-order valence-corrected chi connectivity index (χ0v) is 11.6. The molecule has 100 valence electrons. The molecule has 0 aromatic heterocycles. The van der Waals surface area contributed by atoms with E-state index < -0.39 is 12.1 Å². The van der Waals surface area contributed by atoms with Crippen molar-refractivity contribution in [2.75, 3.05) is 0 Å². The molecule has 1 aliphatic rings. The van der Waals surface area contributed by atoms with Crippen molar-refractivity contribution in [3.8, 4) is 12.3 Å². The largest absolute Gasteiger partial charge is 0.342 e. The normalized spacial score (nSPS) is 27.4. The fraction of sp³-hybridized carbons (Fsp3) is 0.714. The predicted molar refractivity (Wildman–Crippen MR) is 70.6 cm³/mol. The van der Waals surface area contributed by atoms with Crippen LogP contribution in [0.15, 0.2) is 0 Å². The molecule has 1 rings (SSSR count). The molecule has 0 bridgehead atoms. The van der Waals surface area contributed by atoms with Crippen molar-refractivity contribution in [1.29, 1.82) is 0 Å². The van der Waals surface area contributed by atoms with Gasteiger partial charge in [-0.15, -0.1) is 12.3 Å². The number of nitrogens with zero attached hydrogens (tertiary/aromatic N) is 1. The van der Waals surface area contributed by atoms with E-state index in [1.54, 1.807) is 11.8 Å². The molecule has 4 unspecified atom stereocenters. The summed E-state index contributed by atoms with van der Waals surface area (Å²) in [7, 11) is 0. The highest BCUT2D eigenvalue weighted by Gasteiger charge is 2.41. The fourth-order valence-electron chi connectivity index (χ4n) is 2.30. The van der Waals surface area contributed by atoms with E-state index in [-0.39, 0.29) is 23.8 Å². The molecule has 0 aromatic carbocycles. The van der Waals surface area contributed by atoms with E-state index in [1.807, 2.05) is 20.8 Å². The number of hydrogen-bond donors (Lipinski definition) is 1. The quantitative estimate of drug-likeness (QED) is 0.761. The van der Waals surface area contributed by atoms with Gasteiger partial charge in [-0.05, 0) is 19.8 Å². The van der Waals surface area contributed by atoms with Crippen LogP contribution in [0.3, 0.4) is 0 Å². The Labute approximate surface area is 109 Å². The van der Waals surface area contributed by atoms with Crippen LogP contribution in [0.5, 0.6) is 0 Å². The maximum absolute atomic E-state index is 12.4. The van der Waals surface area contributed by atoms with Gasteiger partial charge in [-0.3, -0.25) is 9.59 Å². The van der Waals surface area contributed by atoms with E-state index in [1.165, 1.54) is 0 Å². The minimum Gasteiger partial charge on any atom is -0.342 e. The number of rotatable bonds is 4. The Balaban J connectivity index is 2.96. The average molecular weight is 250 g/mol. The monoisotopic (exact) mass is 250 g/mol. The van der Waals surface area contributed by atoms with Gasteiger partial charge in [-0.25, -0.2) is 0 Å². The van der Waals surface area contributed by atoms with Gasteiger partial charge in [0.05, 0.1) is 0 Å². The molecule has 0 aliphatic carbocycles. The molecule has 0 radical (unpaired) electrons. The third-order valence-corrected chi connectivity index (χ3v) is 3.72. The molecule has 4 heteroatoms. The zero-order chi connectivity index (χ0) is 13.9. The molecular weight excluding hydrogens is 228 g/mol. The lowest BCUT2D eigenvalue weighted by atomic mass is 9.93. The molecule has 0 aromatic rings. The predicted octanol–water partition coefficient (Wildman–Crippen LogP) is 1.16. The van der Waals surface area contributed by atoms with Crippen LogP contribution in [0.4, 0.5) is 0 Å². The Morgan fingerprint density at radius 2 is 2.06 bits per heavy atom. The Kier molecular flexibility index (Phi) is 4.77. The molecule has 1 fully saturated rings. The lowest BCUT2D eigenvalue weighted by Crippen LogP contribution is -2.65. The Bertz CT molecular complexity index is 372. The Hall–Kier alpha value is -1.50. The topological polar surface area (TPSA) is 49.4 Å². The van der Waals surface area contributed by atoms with Gasteiger partial charge in [-0.2, -0.15) is 0 Å². The van der Waals surface area contributed by atoms with Gasteiger partial charge in [0.25, 0.3) is 0 Å². The summed E-state index contributed by atoms with van der Waals surface area (Å²) in [6.45, 7) is 7.62. The number of piperazine rings is 1. The average Bonchev–Trinajstić information content (AvgIpc) is 2.33. The van der Waals surface area contributed by atoms with Crippen molar-refractivity contribution >= 4 is 11.8 Å². The second-order valence-corrected chi connectivity index (χ2v) is 5.05. The molecule has 1 aliphatic heterocycles. The van der Waals surface area contributed by atoms with E-state index in [4.69, 9.17) is 6.42 Å². The second-order valence-electron chi connectivity index (χ2n) is 5.05. The molecule has 1 saturated heterocycles. The number of terminal acetylenes is 1. The van der Waals surface area contributed by atoms with Crippen LogP contribution < -0.4 is 5.32 Å². The summed E-state index contributed by atoms with van der Waals surface area (Å²) in [5.74, 6) is 2.58. The molecule has 2 amide bonds. The van der Waals surface area contributed by atoms with Gasteiger partial charge in [0, 0.05) is 12.5 Å². The summed E-state index contributed by atoms with van der Waals surface area (Å²) in [6, 6.07) is -0.963. The number of carbonyl (C=O) groups is 2. The van der Waals surface area contributed by atoms with Crippen LogP contribution in [0.1, 0.15) is 40.5 Å². The first-order chi connectivity index (χ1) is 8.43. The molecule has 0 saturated carbocycles. The number of nitrogens with one attached hydrogen (secondary N) is 1. The van der Waals surface area contributed by atoms with Gasteiger partial charge < -0.3 is 10.2 Å². The van der Waals surface area contributed by atoms with Crippen LogP contribution >= 0.6 is 0 Å². The molecule has 18 heavy (non-hydrogen) atoms. The summed E-state index contributed by atoms with van der Waals surface area (Å²) >= 11 is 0. The smallest absolute Gasteiger partial charge is 0.246 e. The van der Waals surface area contributed by atoms with Crippen LogP contribution in [0.25, 0.3) is 0 Å². The Morgan fingerprint density at radius 1 is 1.44 bits per heavy atom. The van der Waals surface area contributed by atoms with E-state index in [2.05, 4.69) is 11.2 Å². The molecule has 0 spiro atoms. The second kappa shape index (κ2) is 5.90. The third-order valence-electron chi connectivity index (χ3n) is 3.72. The van der Waals surface area contributed by atoms with Crippen molar-refractivity contribution in [3.63, 3.8) is 0 Å². The molecular formula is C14H22N2O2. The minimum absolute atomic E-state index is 0.0146. The molecule has 1 heterocycles. The van der Waals surface area contributed by atoms with Crippen LogP contribution in [-0.4, -0.2) is 34.8 Å². The number of carbonyl (C=O) groups excluding carboxylic acids is 2. The molecule has 4 nitrogen and oxygen atoms in total. The van der Waals surface area contributed by atoms with Crippen molar-refractivity contribution < 1.29 is 9.59 Å². The zero-order valence-electron chi connectivity index (χ0n) is 11.6. The lowest BCUT2D eigenvalue weighted by Gasteiger charge is -2.42. The first kappa shape index (κ1) is 14.6. The van der Waals surface area contributed by atoms with E-state index in [9.17, 15) is 9.59 Å². The van der Waals surface area contributed by atoms with Gasteiger partial charge in [0.2, 0.25) is 11.8 Å². The van der Waals surface area contributed by atoms with Crippen molar-refractivity contribution in [3.05, 3.63) is 0 Å². The summed E-state index contributed by atoms with van der Waals surface area (Å²) in [4.78, 5) is 26.0. The number of hydrogen-bond acceptors (Lipinski definition) is 2. The fourth-order valence-corrected chi connectivity index (χ4v) is 2.30. The minimum atomic E-state index is -0.443. The highest BCUT2D eigenvalue weighted by Crippen LogP contribution is 2.20. The maximum Gasteiger partial charge on any atom is 0.246 e.